The molecule has 0 aliphatic carbocycles. The predicted molar refractivity (Wildman–Crippen MR) is 43.8 cm³/mol. The molecule has 0 bridgehead atoms. The molecule has 62 valence electrons. The van der Waals surface area contributed by atoms with Crippen molar-refractivity contribution in [2.45, 2.75) is 25.9 Å². The molecule has 0 fully saturated rings. The summed E-state index contributed by atoms with van der Waals surface area (Å²) in [6, 6.07) is 0. The Morgan fingerprint density at radius 2 is 2.30 bits per heavy atom. The van der Waals surface area contributed by atoms with Gasteiger partial charge in [-0.2, -0.15) is 0 Å². The third kappa shape index (κ3) is 4.98. The summed E-state index contributed by atoms with van der Waals surface area (Å²) in [5.74, 6) is 0. The second-order valence-electron chi connectivity index (χ2n) is 2.22. The first-order valence-corrected chi connectivity index (χ1v) is 5.39. The molecule has 0 aromatic rings. The Kier molecular flexibility index (Phi) is 5.99. The summed E-state index contributed by atoms with van der Waals surface area (Å²) in [4.78, 5) is 0. The first-order chi connectivity index (χ1) is 4.70. The van der Waals surface area contributed by atoms with E-state index in [1.807, 2.05) is 6.92 Å². The zero-order valence-corrected chi connectivity index (χ0v) is 7.59. The fraction of sp³-hybridized carbons (Fsp3) is 1.00. The Morgan fingerprint density at radius 1 is 1.70 bits per heavy atom. The van der Waals surface area contributed by atoms with Gasteiger partial charge in [0.15, 0.2) is 8.03 Å². The molecule has 0 saturated heterocycles. The van der Waals surface area contributed by atoms with Gasteiger partial charge in [0, 0.05) is 6.66 Å². The SMILES string of the molecule is CCC(CCN)O[PH](C)=O. The van der Waals surface area contributed by atoms with Crippen LogP contribution in [0.25, 0.3) is 0 Å². The first kappa shape index (κ1) is 10.2. The third-order valence-corrected chi connectivity index (χ3v) is 1.94. The summed E-state index contributed by atoms with van der Waals surface area (Å²) in [5, 5.41) is 0. The van der Waals surface area contributed by atoms with Crippen LogP contribution >= 0.6 is 8.03 Å². The highest BCUT2D eigenvalue weighted by molar-refractivity contribution is 7.38. The minimum atomic E-state index is -1.77. The zero-order chi connectivity index (χ0) is 7.98. The van der Waals surface area contributed by atoms with Crippen molar-refractivity contribution < 1.29 is 9.09 Å². The van der Waals surface area contributed by atoms with E-state index in [-0.39, 0.29) is 6.10 Å². The van der Waals surface area contributed by atoms with E-state index in [1.165, 1.54) is 0 Å². The molecule has 0 heterocycles. The molecular weight excluding hydrogens is 149 g/mol. The van der Waals surface area contributed by atoms with E-state index < -0.39 is 8.03 Å². The highest BCUT2D eigenvalue weighted by atomic mass is 31.1. The molecule has 10 heavy (non-hydrogen) atoms. The van der Waals surface area contributed by atoms with Crippen LogP contribution in [0.3, 0.4) is 0 Å². The van der Waals surface area contributed by atoms with E-state index in [0.29, 0.717) is 6.54 Å². The molecule has 0 radical (unpaired) electrons. The molecule has 3 nitrogen and oxygen atoms in total. The Bertz CT molecular complexity index is 108. The third-order valence-electron chi connectivity index (χ3n) is 1.28. The fourth-order valence-electron chi connectivity index (χ4n) is 0.767. The van der Waals surface area contributed by atoms with Crippen molar-refractivity contribution in [2.24, 2.45) is 5.73 Å². The lowest BCUT2D eigenvalue weighted by Gasteiger charge is -2.12. The lowest BCUT2D eigenvalue weighted by atomic mass is 10.2. The topological polar surface area (TPSA) is 52.3 Å². The van der Waals surface area contributed by atoms with Gasteiger partial charge in [-0.1, -0.05) is 6.92 Å². The molecule has 0 aliphatic rings. The van der Waals surface area contributed by atoms with Crippen LogP contribution in [0.2, 0.25) is 0 Å². The molecule has 0 aromatic heterocycles. The fourth-order valence-corrected chi connectivity index (χ4v) is 1.52. The van der Waals surface area contributed by atoms with Crippen molar-refractivity contribution in [3.05, 3.63) is 0 Å². The number of hydrogen-bond donors (Lipinski definition) is 1. The summed E-state index contributed by atoms with van der Waals surface area (Å²) in [7, 11) is -1.77. The summed E-state index contributed by atoms with van der Waals surface area (Å²) in [6.45, 7) is 4.21. The second kappa shape index (κ2) is 5.90. The molecule has 0 spiro atoms. The molecule has 0 aromatic carbocycles. The van der Waals surface area contributed by atoms with Crippen LogP contribution in [0, 0.1) is 0 Å². The molecule has 0 amide bonds. The normalized spacial score (nSPS) is 16.7. The van der Waals surface area contributed by atoms with E-state index in [4.69, 9.17) is 10.3 Å². The van der Waals surface area contributed by atoms with Crippen LogP contribution < -0.4 is 5.73 Å². The highest BCUT2D eigenvalue weighted by Gasteiger charge is 2.05. The predicted octanol–water partition coefficient (Wildman–Crippen LogP) is 1.23. The molecule has 0 saturated carbocycles. The molecule has 0 rings (SSSR count). The minimum Gasteiger partial charge on any atom is -0.330 e. The van der Waals surface area contributed by atoms with Crippen molar-refractivity contribution in [2.75, 3.05) is 13.2 Å². The summed E-state index contributed by atoms with van der Waals surface area (Å²) in [5.41, 5.74) is 5.31. The monoisotopic (exact) mass is 165 g/mol. The van der Waals surface area contributed by atoms with Crippen molar-refractivity contribution in [3.63, 3.8) is 0 Å². The van der Waals surface area contributed by atoms with Gasteiger partial charge >= 0.3 is 0 Å². The maximum atomic E-state index is 10.6. The van der Waals surface area contributed by atoms with E-state index in [9.17, 15) is 4.57 Å². The maximum absolute atomic E-state index is 10.6. The standard InChI is InChI=1S/C6H16NO2P/c1-3-6(4-5-7)9-10(2)8/h6,10H,3-5,7H2,1-2H3. The van der Waals surface area contributed by atoms with Crippen molar-refractivity contribution in [1.82, 2.24) is 0 Å². The first-order valence-electron chi connectivity index (χ1n) is 3.58. The lowest BCUT2D eigenvalue weighted by Crippen LogP contribution is -2.13. The quantitative estimate of drug-likeness (QED) is 0.623. The van der Waals surface area contributed by atoms with Crippen molar-refractivity contribution in [1.29, 1.82) is 0 Å². The van der Waals surface area contributed by atoms with Crippen LogP contribution in [-0.4, -0.2) is 19.3 Å². The number of hydrogen-bond acceptors (Lipinski definition) is 3. The van der Waals surface area contributed by atoms with Gasteiger partial charge in [-0.05, 0) is 19.4 Å². The Hall–Kier alpha value is 0.150. The van der Waals surface area contributed by atoms with E-state index in [0.717, 1.165) is 12.8 Å². The zero-order valence-electron chi connectivity index (χ0n) is 6.59. The van der Waals surface area contributed by atoms with Gasteiger partial charge in [-0.15, -0.1) is 0 Å². The summed E-state index contributed by atoms with van der Waals surface area (Å²) < 4.78 is 15.7. The average Bonchev–Trinajstić information content (AvgIpc) is 1.86. The molecule has 4 heteroatoms. The second-order valence-corrected chi connectivity index (χ2v) is 3.44. The Morgan fingerprint density at radius 3 is 2.60 bits per heavy atom. The largest absolute Gasteiger partial charge is 0.330 e. The molecule has 0 aliphatic heterocycles. The van der Waals surface area contributed by atoms with Gasteiger partial charge in [-0.3, -0.25) is 4.57 Å². The van der Waals surface area contributed by atoms with E-state index in [2.05, 4.69) is 0 Å². The van der Waals surface area contributed by atoms with Crippen molar-refractivity contribution in [3.8, 4) is 0 Å². The van der Waals surface area contributed by atoms with Gasteiger partial charge in [0.2, 0.25) is 0 Å². The van der Waals surface area contributed by atoms with Crippen LogP contribution in [0.15, 0.2) is 0 Å². The van der Waals surface area contributed by atoms with Gasteiger partial charge < -0.3 is 10.3 Å². The van der Waals surface area contributed by atoms with Gasteiger partial charge in [0.25, 0.3) is 0 Å². The lowest BCUT2D eigenvalue weighted by molar-refractivity contribution is 0.204. The van der Waals surface area contributed by atoms with Gasteiger partial charge in [0.1, 0.15) is 0 Å². The average molecular weight is 165 g/mol. The van der Waals surface area contributed by atoms with Crippen LogP contribution in [-0.2, 0) is 9.09 Å². The van der Waals surface area contributed by atoms with Crippen LogP contribution in [0.5, 0.6) is 0 Å². The maximum Gasteiger partial charge on any atom is 0.188 e. The number of rotatable bonds is 5. The van der Waals surface area contributed by atoms with Crippen LogP contribution in [0.1, 0.15) is 19.8 Å². The summed E-state index contributed by atoms with van der Waals surface area (Å²) >= 11 is 0. The molecular formula is C6H16NO2P. The van der Waals surface area contributed by atoms with Gasteiger partial charge in [0.05, 0.1) is 6.10 Å². The minimum absolute atomic E-state index is 0.0985. The molecule has 2 N–H and O–H groups in total. The smallest absolute Gasteiger partial charge is 0.188 e. The van der Waals surface area contributed by atoms with E-state index >= 15 is 0 Å². The van der Waals surface area contributed by atoms with E-state index in [1.54, 1.807) is 6.66 Å². The molecule has 2 unspecified atom stereocenters. The van der Waals surface area contributed by atoms with Crippen LogP contribution in [0.4, 0.5) is 0 Å². The number of nitrogens with two attached hydrogens (primary N) is 1. The summed E-state index contributed by atoms with van der Waals surface area (Å²) in [6.07, 6.45) is 1.80. The van der Waals surface area contributed by atoms with Crippen molar-refractivity contribution >= 4 is 8.03 Å². The van der Waals surface area contributed by atoms with Gasteiger partial charge in [-0.25, -0.2) is 0 Å². The highest BCUT2D eigenvalue weighted by Crippen LogP contribution is 2.21. The molecule has 2 atom stereocenters. The Balaban J connectivity index is 3.49. The Labute approximate surface area is 62.8 Å².